The van der Waals surface area contributed by atoms with Crippen molar-refractivity contribution in [3.63, 3.8) is 0 Å². The van der Waals surface area contributed by atoms with Crippen molar-refractivity contribution in [3.8, 4) is 0 Å². The minimum atomic E-state index is -0.354. The number of nitrogens with zero attached hydrogens (tertiary/aromatic N) is 1. The van der Waals surface area contributed by atoms with Crippen molar-refractivity contribution in [2.24, 2.45) is 17.1 Å². The maximum atomic E-state index is 12.4. The Kier molecular flexibility index (Phi) is 8.21. The van der Waals surface area contributed by atoms with Gasteiger partial charge in [0.25, 0.3) is 0 Å². The van der Waals surface area contributed by atoms with E-state index in [-0.39, 0.29) is 35.6 Å². The summed E-state index contributed by atoms with van der Waals surface area (Å²) in [7, 11) is 0. The zero-order valence-electron chi connectivity index (χ0n) is 15.4. The lowest BCUT2D eigenvalue weighted by Gasteiger charge is -2.17. The third-order valence-corrected chi connectivity index (χ3v) is 3.60. The molecule has 24 heavy (non-hydrogen) atoms. The number of benzene rings is 1. The first kappa shape index (κ1) is 22.2. The molecule has 0 saturated heterocycles. The maximum absolute atomic E-state index is 12.4. The van der Waals surface area contributed by atoms with E-state index in [0.717, 1.165) is 11.9 Å². The number of para-hydroxylation sites is 1. The topological polar surface area (TPSA) is 65.1 Å². The summed E-state index contributed by atoms with van der Waals surface area (Å²) in [6.45, 7) is 11.5. The van der Waals surface area contributed by atoms with Crippen molar-refractivity contribution in [3.05, 3.63) is 36.0 Å². The highest BCUT2D eigenvalue weighted by atomic mass is 35.5. The molecule has 5 heteroatoms. The van der Waals surface area contributed by atoms with Crippen LogP contribution in [0.1, 0.15) is 51.9 Å². The molecule has 0 atom stereocenters. The lowest BCUT2D eigenvalue weighted by Crippen LogP contribution is -2.26. The van der Waals surface area contributed by atoms with Gasteiger partial charge in [0.05, 0.1) is 5.52 Å². The van der Waals surface area contributed by atoms with Crippen LogP contribution in [-0.2, 0) is 11.2 Å². The highest BCUT2D eigenvalue weighted by Gasteiger charge is 2.24. The van der Waals surface area contributed by atoms with Gasteiger partial charge in [0.15, 0.2) is 0 Å². The third kappa shape index (κ3) is 5.38. The minimum absolute atomic E-state index is 0. The molecule has 1 aromatic carbocycles. The molecule has 4 nitrogen and oxygen atoms in total. The molecule has 1 aromatic heterocycles. The second-order valence-corrected chi connectivity index (χ2v) is 7.01. The Hall–Kier alpha value is -1.81. The highest BCUT2D eigenvalue weighted by molar-refractivity contribution is 5.96. The maximum Gasteiger partial charge on any atom is 0.236 e. The van der Waals surface area contributed by atoms with Crippen LogP contribution in [0.15, 0.2) is 30.5 Å². The van der Waals surface area contributed by atoms with E-state index in [4.69, 9.17) is 5.73 Å². The van der Waals surface area contributed by atoms with Crippen LogP contribution in [0.3, 0.4) is 0 Å². The molecule has 0 aliphatic heterocycles. The minimum Gasteiger partial charge on any atom is -0.369 e. The standard InChI is InChI=1S/C15H19NO.C4H9NO.ClH/c1-5-11-10-16(14(17)15(2,3)4)13-9-7-6-8-12(11)13;1-3(2)4(5)6;/h6-10H,5H2,1-4H3;3H,1-2H3,(H2,5,6);1H. The fraction of sp³-hybridized carbons (Fsp3) is 0.474. The molecule has 0 spiro atoms. The van der Waals surface area contributed by atoms with Gasteiger partial charge < -0.3 is 5.73 Å². The summed E-state index contributed by atoms with van der Waals surface area (Å²) in [6.07, 6.45) is 2.93. The molecule has 0 bridgehead atoms. The van der Waals surface area contributed by atoms with Crippen molar-refractivity contribution in [2.75, 3.05) is 0 Å². The van der Waals surface area contributed by atoms with E-state index < -0.39 is 0 Å². The molecule has 2 rings (SSSR count). The molecule has 0 saturated carbocycles. The average Bonchev–Trinajstić information content (AvgIpc) is 2.84. The number of hydrogen-bond donors (Lipinski definition) is 1. The Morgan fingerprint density at radius 2 is 1.67 bits per heavy atom. The molecule has 0 radical (unpaired) electrons. The Morgan fingerprint density at radius 1 is 1.17 bits per heavy atom. The van der Waals surface area contributed by atoms with Crippen LogP contribution in [0.4, 0.5) is 0 Å². The van der Waals surface area contributed by atoms with Gasteiger partial charge in [0.1, 0.15) is 0 Å². The molecule has 134 valence electrons. The van der Waals surface area contributed by atoms with Gasteiger partial charge in [-0.2, -0.15) is 0 Å². The fourth-order valence-corrected chi connectivity index (χ4v) is 2.06. The van der Waals surface area contributed by atoms with Gasteiger partial charge in [-0.05, 0) is 18.1 Å². The molecule has 0 aliphatic rings. The van der Waals surface area contributed by atoms with Gasteiger partial charge in [-0.15, -0.1) is 12.4 Å². The first-order chi connectivity index (χ1) is 10.6. The number of nitrogens with two attached hydrogens (primary N) is 1. The van der Waals surface area contributed by atoms with E-state index in [1.165, 1.54) is 10.9 Å². The molecule has 1 amide bonds. The van der Waals surface area contributed by atoms with Crippen molar-refractivity contribution in [2.45, 2.75) is 48.0 Å². The number of aromatic nitrogens is 1. The number of carbonyl (C=O) groups is 2. The molecular formula is C19H29ClN2O2. The molecule has 0 fully saturated rings. The zero-order valence-corrected chi connectivity index (χ0v) is 16.2. The van der Waals surface area contributed by atoms with E-state index >= 15 is 0 Å². The van der Waals surface area contributed by atoms with Gasteiger partial charge in [-0.1, -0.05) is 59.7 Å². The first-order valence-corrected chi connectivity index (χ1v) is 8.02. The van der Waals surface area contributed by atoms with Crippen molar-refractivity contribution >= 4 is 35.1 Å². The Morgan fingerprint density at radius 3 is 2.08 bits per heavy atom. The van der Waals surface area contributed by atoms with Gasteiger partial charge in [-0.3, -0.25) is 14.2 Å². The van der Waals surface area contributed by atoms with Crippen LogP contribution in [-0.4, -0.2) is 16.4 Å². The summed E-state index contributed by atoms with van der Waals surface area (Å²) >= 11 is 0. The predicted octanol–water partition coefficient (Wildman–Crippen LogP) is 4.44. The molecule has 1 heterocycles. The summed E-state index contributed by atoms with van der Waals surface area (Å²) in [5.41, 5.74) is 6.69. The fourth-order valence-electron chi connectivity index (χ4n) is 2.06. The van der Waals surface area contributed by atoms with Crippen LogP contribution in [0.5, 0.6) is 0 Å². The van der Waals surface area contributed by atoms with Crippen LogP contribution in [0.25, 0.3) is 10.9 Å². The summed E-state index contributed by atoms with van der Waals surface area (Å²) in [4.78, 5) is 22.3. The number of rotatable bonds is 2. The van der Waals surface area contributed by atoms with Gasteiger partial charge in [-0.25, -0.2) is 0 Å². The Balaban J connectivity index is 0.000000655. The van der Waals surface area contributed by atoms with Gasteiger partial charge >= 0.3 is 0 Å². The second kappa shape index (κ2) is 8.88. The SMILES string of the molecule is CC(C)C(N)=O.CCc1cn(C(=O)C(C)(C)C)c2ccccc12.Cl. The normalized spacial score (nSPS) is 10.8. The number of aryl methyl sites for hydroxylation is 1. The lowest BCUT2D eigenvalue weighted by molar-refractivity contribution is -0.120. The summed E-state index contributed by atoms with van der Waals surface area (Å²) in [5.74, 6) is -0.103. The smallest absolute Gasteiger partial charge is 0.236 e. The second-order valence-electron chi connectivity index (χ2n) is 7.01. The van der Waals surface area contributed by atoms with E-state index in [1.54, 1.807) is 18.4 Å². The molecule has 2 N–H and O–H groups in total. The monoisotopic (exact) mass is 352 g/mol. The summed E-state index contributed by atoms with van der Waals surface area (Å²) in [6, 6.07) is 8.10. The third-order valence-electron chi connectivity index (χ3n) is 3.60. The molecule has 0 aliphatic carbocycles. The quantitative estimate of drug-likeness (QED) is 0.868. The van der Waals surface area contributed by atoms with Crippen molar-refractivity contribution in [1.29, 1.82) is 0 Å². The predicted molar refractivity (Wildman–Crippen MR) is 103 cm³/mol. The van der Waals surface area contributed by atoms with Crippen molar-refractivity contribution < 1.29 is 9.59 Å². The van der Waals surface area contributed by atoms with E-state index in [1.807, 2.05) is 45.2 Å². The highest BCUT2D eigenvalue weighted by Crippen LogP contribution is 2.25. The number of amides is 1. The van der Waals surface area contributed by atoms with Crippen LogP contribution < -0.4 is 5.73 Å². The van der Waals surface area contributed by atoms with Gasteiger partial charge in [0.2, 0.25) is 11.8 Å². The average molecular weight is 353 g/mol. The zero-order chi connectivity index (χ0) is 17.8. The Bertz CT molecular complexity index is 697. The van der Waals surface area contributed by atoms with E-state index in [0.29, 0.717) is 0 Å². The first-order valence-electron chi connectivity index (χ1n) is 8.02. The summed E-state index contributed by atoms with van der Waals surface area (Å²) in [5, 5.41) is 1.19. The molecule has 2 aromatic rings. The molecular weight excluding hydrogens is 324 g/mol. The number of fused-ring (bicyclic) bond motifs is 1. The number of halogens is 1. The largest absolute Gasteiger partial charge is 0.369 e. The number of primary amides is 1. The van der Waals surface area contributed by atoms with Crippen LogP contribution >= 0.6 is 12.4 Å². The lowest BCUT2D eigenvalue weighted by atomic mass is 9.95. The number of hydrogen-bond acceptors (Lipinski definition) is 2. The Labute approximate surface area is 150 Å². The van der Waals surface area contributed by atoms with Crippen LogP contribution in [0.2, 0.25) is 0 Å². The van der Waals surface area contributed by atoms with Crippen molar-refractivity contribution in [1.82, 2.24) is 4.57 Å². The number of carbonyl (C=O) groups excluding carboxylic acids is 2. The van der Waals surface area contributed by atoms with E-state index in [2.05, 4.69) is 13.0 Å². The van der Waals surface area contributed by atoms with E-state index in [9.17, 15) is 9.59 Å². The summed E-state index contributed by atoms with van der Waals surface area (Å²) < 4.78 is 1.80. The van der Waals surface area contributed by atoms with Crippen LogP contribution in [0, 0.1) is 11.3 Å². The molecule has 0 unspecified atom stereocenters. The van der Waals surface area contributed by atoms with Gasteiger partial charge in [0, 0.05) is 22.9 Å².